The Balaban J connectivity index is 0.000000292. The number of hydrogen-bond acceptors (Lipinski definition) is 1. The number of rotatable bonds is 1. The molecule has 0 spiro atoms. The van der Waals surface area contributed by atoms with E-state index in [1.165, 1.54) is 0 Å². The minimum atomic E-state index is 1.06. The summed E-state index contributed by atoms with van der Waals surface area (Å²) in [4.78, 5) is 1.69. The van der Waals surface area contributed by atoms with Gasteiger partial charge in [-0.1, -0.05) is 0 Å². The van der Waals surface area contributed by atoms with Crippen LogP contribution in [0.15, 0.2) is 18.7 Å². The van der Waals surface area contributed by atoms with E-state index in [9.17, 15) is 0 Å². The van der Waals surface area contributed by atoms with Crippen LogP contribution in [0.25, 0.3) is 0 Å². The molecule has 1 aromatic rings. The molecule has 0 aromatic carbocycles. The van der Waals surface area contributed by atoms with E-state index < -0.39 is 0 Å². The summed E-state index contributed by atoms with van der Waals surface area (Å²) < 4.78 is 4.16. The molecule has 60 valence electrons. The van der Waals surface area contributed by atoms with E-state index in [1.54, 1.807) is 21.0 Å². The van der Waals surface area contributed by atoms with Crippen molar-refractivity contribution < 1.29 is 4.57 Å². The first-order valence-electron chi connectivity index (χ1n) is 3.28. The molecule has 0 amide bonds. The normalized spacial score (nSPS) is 7.82. The van der Waals surface area contributed by atoms with Gasteiger partial charge in [0.15, 0.2) is 0 Å². The van der Waals surface area contributed by atoms with Gasteiger partial charge in [0, 0.05) is 0 Å². The van der Waals surface area contributed by atoms with E-state index in [2.05, 4.69) is 24.0 Å². The van der Waals surface area contributed by atoms with E-state index in [4.69, 9.17) is 5.26 Å². The van der Waals surface area contributed by atoms with Crippen LogP contribution in [0, 0.1) is 10.2 Å². The van der Waals surface area contributed by atoms with Gasteiger partial charge in [0.05, 0.1) is 13.6 Å². The summed E-state index contributed by atoms with van der Waals surface area (Å²) in [6, 6.07) is 0. The molecular formula is C7H12N3Se+. The number of nitrogens with zero attached hydrogens (tertiary/aromatic N) is 3. The average molecular weight is 217 g/mol. The predicted molar refractivity (Wildman–Crippen MR) is 44.0 cm³/mol. The van der Waals surface area contributed by atoms with Crippen molar-refractivity contribution in [3.8, 4) is 4.97 Å². The van der Waals surface area contributed by atoms with Gasteiger partial charge in [0.1, 0.15) is 12.4 Å². The summed E-state index contributed by atoms with van der Waals surface area (Å²) in [6.07, 6.45) is 6.14. The molecule has 11 heavy (non-hydrogen) atoms. The van der Waals surface area contributed by atoms with Gasteiger partial charge >= 0.3 is 26.2 Å². The Morgan fingerprint density at radius 3 is 2.45 bits per heavy atom. The van der Waals surface area contributed by atoms with Crippen LogP contribution in [-0.2, 0) is 13.6 Å². The molecular weight excluding hydrogens is 205 g/mol. The zero-order valence-corrected chi connectivity index (χ0v) is 8.60. The Labute approximate surface area is 75.1 Å². The van der Waals surface area contributed by atoms with Crippen LogP contribution in [0.4, 0.5) is 0 Å². The van der Waals surface area contributed by atoms with Crippen molar-refractivity contribution in [2.45, 2.75) is 13.5 Å². The van der Waals surface area contributed by atoms with Crippen LogP contribution in [-0.4, -0.2) is 20.6 Å². The second kappa shape index (κ2) is 5.96. The van der Waals surface area contributed by atoms with Crippen molar-refractivity contribution in [3.05, 3.63) is 18.7 Å². The molecule has 0 radical (unpaired) electrons. The Morgan fingerprint density at radius 1 is 1.73 bits per heavy atom. The molecule has 1 heterocycles. The summed E-state index contributed by atoms with van der Waals surface area (Å²) in [7, 11) is 2.02. The van der Waals surface area contributed by atoms with E-state index in [0.29, 0.717) is 0 Å². The Morgan fingerprint density at radius 2 is 2.27 bits per heavy atom. The summed E-state index contributed by atoms with van der Waals surface area (Å²) >= 11 is 1.77. The summed E-state index contributed by atoms with van der Waals surface area (Å²) in [5.41, 5.74) is 0. The fraction of sp³-hybridized carbons (Fsp3) is 0.429. The third-order valence-electron chi connectivity index (χ3n) is 1.19. The van der Waals surface area contributed by atoms with Crippen LogP contribution in [0.3, 0.4) is 0 Å². The zero-order valence-electron chi connectivity index (χ0n) is 6.73. The molecule has 0 aliphatic heterocycles. The third kappa shape index (κ3) is 4.60. The van der Waals surface area contributed by atoms with Gasteiger partial charge in [-0.05, 0) is 6.92 Å². The molecule has 0 saturated heterocycles. The molecule has 1 aromatic heterocycles. The van der Waals surface area contributed by atoms with Gasteiger partial charge in [-0.2, -0.15) is 0 Å². The molecule has 0 saturated carbocycles. The first kappa shape index (κ1) is 10.2. The maximum absolute atomic E-state index is 7.29. The summed E-state index contributed by atoms with van der Waals surface area (Å²) in [6.45, 7) is 3.18. The predicted octanol–water partition coefficient (Wildman–Crippen LogP) is -0.299. The molecule has 0 unspecified atom stereocenters. The quantitative estimate of drug-likeness (QED) is 0.469. The van der Waals surface area contributed by atoms with Crippen molar-refractivity contribution in [3.63, 3.8) is 0 Å². The number of imidazole rings is 1. The van der Waals surface area contributed by atoms with E-state index in [-0.39, 0.29) is 0 Å². The average Bonchev–Trinajstić information content (AvgIpc) is 2.37. The molecule has 0 N–H and O–H groups in total. The molecule has 0 aliphatic rings. The van der Waals surface area contributed by atoms with E-state index in [0.717, 1.165) is 6.54 Å². The molecule has 0 atom stereocenters. The van der Waals surface area contributed by atoms with Crippen LogP contribution in [0.2, 0.25) is 0 Å². The monoisotopic (exact) mass is 218 g/mol. The van der Waals surface area contributed by atoms with Crippen LogP contribution >= 0.6 is 0 Å². The van der Waals surface area contributed by atoms with Crippen LogP contribution < -0.4 is 4.57 Å². The van der Waals surface area contributed by atoms with Crippen LogP contribution in [0.5, 0.6) is 0 Å². The van der Waals surface area contributed by atoms with Gasteiger partial charge in [-0.3, -0.25) is 0 Å². The third-order valence-corrected chi connectivity index (χ3v) is 1.19. The Hall–Kier alpha value is -0.781. The van der Waals surface area contributed by atoms with Crippen molar-refractivity contribution in [1.82, 2.24) is 4.57 Å². The van der Waals surface area contributed by atoms with E-state index >= 15 is 0 Å². The van der Waals surface area contributed by atoms with Gasteiger partial charge in [-0.15, -0.1) is 0 Å². The van der Waals surface area contributed by atoms with Crippen molar-refractivity contribution in [2.24, 2.45) is 7.05 Å². The fourth-order valence-corrected chi connectivity index (χ4v) is 0.689. The molecule has 0 fully saturated rings. The van der Waals surface area contributed by atoms with Crippen molar-refractivity contribution in [1.29, 1.82) is 5.26 Å². The van der Waals surface area contributed by atoms with Gasteiger partial charge in [0.2, 0.25) is 6.33 Å². The molecule has 1 rings (SSSR count). The number of aryl methyl sites for hydroxylation is 2. The van der Waals surface area contributed by atoms with Gasteiger partial charge < -0.3 is 0 Å². The van der Waals surface area contributed by atoms with Crippen molar-refractivity contribution >= 4 is 16.0 Å². The number of hydrogen-bond donors (Lipinski definition) is 0. The second-order valence-electron chi connectivity index (χ2n) is 2.01. The summed E-state index contributed by atoms with van der Waals surface area (Å²) in [5, 5.41) is 7.29. The first-order valence-corrected chi connectivity index (χ1v) is 4.22. The zero-order chi connectivity index (χ0) is 8.69. The minimum absolute atomic E-state index is 1.06. The molecule has 0 bridgehead atoms. The molecule has 4 heteroatoms. The topological polar surface area (TPSA) is 32.6 Å². The molecule has 3 nitrogen and oxygen atoms in total. The maximum atomic E-state index is 7.29. The SMILES string of the molecule is CC[n+]1ccn(C)c1.N#C[SeH]. The first-order chi connectivity index (χ1) is 5.24. The Kier molecular flexibility index (Phi) is 5.54. The van der Waals surface area contributed by atoms with Gasteiger partial charge in [0.25, 0.3) is 0 Å². The number of nitriles is 1. The van der Waals surface area contributed by atoms with Crippen molar-refractivity contribution in [2.75, 3.05) is 0 Å². The molecule has 0 aliphatic carbocycles. The summed E-state index contributed by atoms with van der Waals surface area (Å²) in [5.74, 6) is 0. The standard InChI is InChI=1S/C6H11N2.CHNSe/c1-3-8-5-4-7(2)6-8;2-1-3/h4-6H,3H2,1-2H3;3H/q+1;. The number of aromatic nitrogens is 2. The fourth-order valence-electron chi connectivity index (χ4n) is 0.689. The van der Waals surface area contributed by atoms with E-state index in [1.807, 2.05) is 17.8 Å². The second-order valence-corrected chi connectivity index (χ2v) is 2.43. The van der Waals surface area contributed by atoms with Gasteiger partial charge in [-0.25, -0.2) is 9.13 Å². The van der Waals surface area contributed by atoms with Crippen LogP contribution in [0.1, 0.15) is 6.92 Å². The Bertz CT molecular complexity index is 236.